The number of carbonyl (C=O) groups excluding carboxylic acids is 1. The summed E-state index contributed by atoms with van der Waals surface area (Å²) in [6.45, 7) is 0.630. The standard InChI is InChI=1S/C15H18N4O/c20-15(16-13-8-4-5-9-13)14-11-19(18-17-14)10-12-6-2-1-3-7-12/h1-3,6-7,11,13H,4-5,8-10H2,(H,16,20). The summed E-state index contributed by atoms with van der Waals surface area (Å²) in [5.41, 5.74) is 1.54. The average Bonchev–Trinajstić information content (AvgIpc) is 3.11. The molecule has 0 bridgehead atoms. The quantitative estimate of drug-likeness (QED) is 0.924. The first kappa shape index (κ1) is 12.8. The van der Waals surface area contributed by atoms with Crippen molar-refractivity contribution in [1.29, 1.82) is 0 Å². The normalized spacial score (nSPS) is 15.4. The van der Waals surface area contributed by atoms with Crippen molar-refractivity contribution in [3.8, 4) is 0 Å². The fourth-order valence-electron chi connectivity index (χ4n) is 2.58. The Morgan fingerprint density at radius 3 is 2.75 bits per heavy atom. The third-order valence-electron chi connectivity index (χ3n) is 3.65. The molecule has 1 aromatic carbocycles. The van der Waals surface area contributed by atoms with Gasteiger partial charge in [-0.2, -0.15) is 0 Å². The lowest BCUT2D eigenvalue weighted by Crippen LogP contribution is -2.32. The van der Waals surface area contributed by atoms with E-state index in [-0.39, 0.29) is 5.91 Å². The van der Waals surface area contributed by atoms with Crippen LogP contribution in [0.4, 0.5) is 0 Å². The number of nitrogens with one attached hydrogen (secondary N) is 1. The average molecular weight is 270 g/mol. The van der Waals surface area contributed by atoms with Gasteiger partial charge < -0.3 is 5.32 Å². The Labute approximate surface area is 118 Å². The molecule has 1 aromatic heterocycles. The van der Waals surface area contributed by atoms with Crippen LogP contribution in [0.2, 0.25) is 0 Å². The molecule has 1 heterocycles. The van der Waals surface area contributed by atoms with Crippen LogP contribution < -0.4 is 5.32 Å². The van der Waals surface area contributed by atoms with E-state index in [1.807, 2.05) is 30.3 Å². The number of aromatic nitrogens is 3. The molecule has 1 aliphatic carbocycles. The molecular formula is C15H18N4O. The van der Waals surface area contributed by atoms with Crippen LogP contribution in [0.3, 0.4) is 0 Å². The Hall–Kier alpha value is -2.17. The molecule has 0 aliphatic heterocycles. The highest BCUT2D eigenvalue weighted by atomic mass is 16.2. The Bertz CT molecular complexity index is 573. The van der Waals surface area contributed by atoms with Gasteiger partial charge in [0.1, 0.15) is 0 Å². The van der Waals surface area contributed by atoms with Crippen LogP contribution in [0.5, 0.6) is 0 Å². The fourth-order valence-corrected chi connectivity index (χ4v) is 2.58. The largest absolute Gasteiger partial charge is 0.348 e. The first-order valence-corrected chi connectivity index (χ1v) is 7.06. The summed E-state index contributed by atoms with van der Waals surface area (Å²) in [7, 11) is 0. The van der Waals surface area contributed by atoms with Crippen LogP contribution >= 0.6 is 0 Å². The Morgan fingerprint density at radius 1 is 1.25 bits per heavy atom. The molecule has 0 unspecified atom stereocenters. The fraction of sp³-hybridized carbons (Fsp3) is 0.400. The van der Waals surface area contributed by atoms with E-state index in [4.69, 9.17) is 0 Å². The third kappa shape index (κ3) is 3.04. The molecule has 1 amide bonds. The van der Waals surface area contributed by atoms with Crippen molar-refractivity contribution >= 4 is 5.91 Å². The molecule has 20 heavy (non-hydrogen) atoms. The van der Waals surface area contributed by atoms with Crippen LogP contribution in [0.1, 0.15) is 41.7 Å². The maximum absolute atomic E-state index is 12.0. The number of benzene rings is 1. The monoisotopic (exact) mass is 270 g/mol. The lowest BCUT2D eigenvalue weighted by Gasteiger charge is -2.09. The Kier molecular flexibility index (Phi) is 3.76. The zero-order valence-electron chi connectivity index (χ0n) is 11.3. The van der Waals surface area contributed by atoms with Crippen LogP contribution in [0, 0.1) is 0 Å². The molecule has 5 nitrogen and oxygen atoms in total. The van der Waals surface area contributed by atoms with E-state index in [2.05, 4.69) is 15.6 Å². The number of hydrogen-bond donors (Lipinski definition) is 1. The molecule has 3 rings (SSSR count). The van der Waals surface area contributed by atoms with Gasteiger partial charge in [-0.15, -0.1) is 5.10 Å². The van der Waals surface area contributed by atoms with Gasteiger partial charge in [0.15, 0.2) is 5.69 Å². The summed E-state index contributed by atoms with van der Waals surface area (Å²) in [6.07, 6.45) is 6.25. The maximum Gasteiger partial charge on any atom is 0.273 e. The molecule has 0 atom stereocenters. The minimum atomic E-state index is -0.115. The Morgan fingerprint density at radius 2 is 2.00 bits per heavy atom. The molecule has 0 saturated heterocycles. The van der Waals surface area contributed by atoms with Gasteiger partial charge >= 0.3 is 0 Å². The van der Waals surface area contributed by atoms with Gasteiger partial charge in [-0.3, -0.25) is 4.79 Å². The summed E-state index contributed by atoms with van der Waals surface area (Å²) in [4.78, 5) is 12.0. The van der Waals surface area contributed by atoms with Crippen LogP contribution in [-0.4, -0.2) is 26.9 Å². The van der Waals surface area contributed by atoms with Crippen LogP contribution in [-0.2, 0) is 6.54 Å². The first-order chi connectivity index (χ1) is 9.81. The van der Waals surface area contributed by atoms with Crippen molar-refractivity contribution < 1.29 is 4.79 Å². The van der Waals surface area contributed by atoms with Gasteiger partial charge in [-0.1, -0.05) is 48.4 Å². The number of hydrogen-bond acceptors (Lipinski definition) is 3. The van der Waals surface area contributed by atoms with Crippen molar-refractivity contribution in [1.82, 2.24) is 20.3 Å². The second-order valence-electron chi connectivity index (χ2n) is 5.24. The van der Waals surface area contributed by atoms with E-state index in [0.29, 0.717) is 18.3 Å². The second kappa shape index (κ2) is 5.86. The summed E-state index contributed by atoms with van der Waals surface area (Å²) in [6, 6.07) is 10.3. The van der Waals surface area contributed by atoms with Gasteiger partial charge in [-0.05, 0) is 18.4 Å². The van der Waals surface area contributed by atoms with Crippen molar-refractivity contribution in [2.75, 3.05) is 0 Å². The van der Waals surface area contributed by atoms with Crippen molar-refractivity contribution in [3.05, 3.63) is 47.8 Å². The smallest absolute Gasteiger partial charge is 0.273 e. The molecule has 0 radical (unpaired) electrons. The Balaban J connectivity index is 1.62. The number of rotatable bonds is 4. The predicted octanol–water partition coefficient (Wildman–Crippen LogP) is 2.00. The van der Waals surface area contributed by atoms with E-state index in [0.717, 1.165) is 18.4 Å². The highest BCUT2D eigenvalue weighted by molar-refractivity contribution is 5.92. The molecule has 0 spiro atoms. The lowest BCUT2D eigenvalue weighted by atomic mass is 10.2. The van der Waals surface area contributed by atoms with E-state index >= 15 is 0 Å². The minimum absolute atomic E-state index is 0.115. The number of nitrogens with zero attached hydrogens (tertiary/aromatic N) is 3. The molecule has 2 aromatic rings. The molecule has 104 valence electrons. The van der Waals surface area contributed by atoms with E-state index < -0.39 is 0 Å². The van der Waals surface area contributed by atoms with E-state index in [9.17, 15) is 4.79 Å². The van der Waals surface area contributed by atoms with E-state index in [1.54, 1.807) is 10.9 Å². The zero-order valence-corrected chi connectivity index (χ0v) is 11.3. The topological polar surface area (TPSA) is 59.8 Å². The molecule has 1 saturated carbocycles. The third-order valence-corrected chi connectivity index (χ3v) is 3.65. The van der Waals surface area contributed by atoms with Gasteiger partial charge in [0, 0.05) is 6.04 Å². The molecule has 5 heteroatoms. The summed E-state index contributed by atoms with van der Waals surface area (Å²) < 4.78 is 1.69. The summed E-state index contributed by atoms with van der Waals surface area (Å²) >= 11 is 0. The van der Waals surface area contributed by atoms with Gasteiger partial charge in [0.2, 0.25) is 0 Å². The maximum atomic E-state index is 12.0. The molecular weight excluding hydrogens is 252 g/mol. The van der Waals surface area contributed by atoms with Gasteiger partial charge in [-0.25, -0.2) is 4.68 Å². The number of amides is 1. The zero-order chi connectivity index (χ0) is 13.8. The molecule has 1 aliphatic rings. The van der Waals surface area contributed by atoms with Crippen molar-refractivity contribution in [2.24, 2.45) is 0 Å². The summed E-state index contributed by atoms with van der Waals surface area (Å²) in [5, 5.41) is 11.0. The predicted molar refractivity (Wildman–Crippen MR) is 75.3 cm³/mol. The molecule has 1 fully saturated rings. The van der Waals surface area contributed by atoms with E-state index in [1.165, 1.54) is 12.8 Å². The van der Waals surface area contributed by atoms with Crippen molar-refractivity contribution in [3.63, 3.8) is 0 Å². The first-order valence-electron chi connectivity index (χ1n) is 7.06. The molecule has 1 N–H and O–H groups in total. The number of carbonyl (C=O) groups is 1. The second-order valence-corrected chi connectivity index (χ2v) is 5.24. The highest BCUT2D eigenvalue weighted by Crippen LogP contribution is 2.17. The van der Waals surface area contributed by atoms with Gasteiger partial charge in [0.05, 0.1) is 12.7 Å². The van der Waals surface area contributed by atoms with Crippen LogP contribution in [0.15, 0.2) is 36.5 Å². The highest BCUT2D eigenvalue weighted by Gasteiger charge is 2.19. The minimum Gasteiger partial charge on any atom is -0.348 e. The summed E-state index contributed by atoms with van der Waals surface area (Å²) in [5.74, 6) is -0.115. The van der Waals surface area contributed by atoms with Gasteiger partial charge in [0.25, 0.3) is 5.91 Å². The lowest BCUT2D eigenvalue weighted by molar-refractivity contribution is 0.0932. The van der Waals surface area contributed by atoms with Crippen molar-refractivity contribution in [2.45, 2.75) is 38.3 Å². The van der Waals surface area contributed by atoms with Crippen LogP contribution in [0.25, 0.3) is 0 Å². The SMILES string of the molecule is O=C(NC1CCCC1)c1cn(Cc2ccccc2)nn1.